The van der Waals surface area contributed by atoms with Gasteiger partial charge >= 0.3 is 12.2 Å². The number of nitrogens with zero attached hydrogens (tertiary/aromatic N) is 1. The Bertz CT molecular complexity index is 919. The fraction of sp³-hybridized carbons (Fsp3) is 0.333. The molecule has 2 N–H and O–H groups in total. The molecule has 0 saturated heterocycles. The standard InChI is InChI=1S/C9H7NO2.C9H11NO2.C6H13NO2/c1-10-8(11)6-4-2-3-5-7(6)9(10)12;1-10-9(11)12-7-8-5-3-2-4-6-8;1-6(2,3)9-5(8)7-4/h2-5H,1H3;2-6H,7H2,1H3,(H,10,11);1-4H3,(H,7,8). The zero-order chi connectivity index (χ0) is 25.0. The highest BCUT2D eigenvalue weighted by Crippen LogP contribution is 2.20. The van der Waals surface area contributed by atoms with Crippen LogP contribution in [0.15, 0.2) is 54.6 Å². The van der Waals surface area contributed by atoms with Crippen LogP contribution in [0.5, 0.6) is 0 Å². The van der Waals surface area contributed by atoms with Crippen molar-refractivity contribution < 1.29 is 28.7 Å². The highest BCUT2D eigenvalue weighted by Gasteiger charge is 2.31. The van der Waals surface area contributed by atoms with Gasteiger partial charge in [-0.25, -0.2) is 9.59 Å². The van der Waals surface area contributed by atoms with E-state index in [4.69, 9.17) is 9.47 Å². The molecule has 2 aromatic rings. The van der Waals surface area contributed by atoms with Gasteiger partial charge in [-0.15, -0.1) is 0 Å². The minimum atomic E-state index is -0.404. The van der Waals surface area contributed by atoms with Gasteiger partial charge in [0, 0.05) is 21.1 Å². The fourth-order valence-corrected chi connectivity index (χ4v) is 2.43. The molecule has 0 saturated carbocycles. The third kappa shape index (κ3) is 9.42. The van der Waals surface area contributed by atoms with Gasteiger partial charge in [-0.3, -0.25) is 14.5 Å². The second-order valence-corrected chi connectivity index (χ2v) is 7.78. The molecule has 178 valence electrons. The molecule has 9 heteroatoms. The van der Waals surface area contributed by atoms with Crippen molar-refractivity contribution in [3.63, 3.8) is 0 Å². The first-order valence-corrected chi connectivity index (χ1v) is 10.2. The summed E-state index contributed by atoms with van der Waals surface area (Å²) in [6.07, 6.45) is -0.790. The van der Waals surface area contributed by atoms with Crippen molar-refractivity contribution in [2.75, 3.05) is 21.1 Å². The third-order valence-corrected chi connectivity index (χ3v) is 4.02. The summed E-state index contributed by atoms with van der Waals surface area (Å²) in [5.41, 5.74) is 1.61. The van der Waals surface area contributed by atoms with Gasteiger partial charge in [-0.05, 0) is 38.5 Å². The number of benzene rings is 2. The van der Waals surface area contributed by atoms with E-state index in [0.717, 1.165) is 10.5 Å². The molecule has 33 heavy (non-hydrogen) atoms. The number of imide groups is 1. The molecule has 2 aromatic carbocycles. The smallest absolute Gasteiger partial charge is 0.407 e. The van der Waals surface area contributed by atoms with Crippen LogP contribution in [0.3, 0.4) is 0 Å². The van der Waals surface area contributed by atoms with Crippen molar-refractivity contribution in [3.05, 3.63) is 71.3 Å². The first-order valence-electron chi connectivity index (χ1n) is 10.2. The van der Waals surface area contributed by atoms with E-state index in [0.29, 0.717) is 17.7 Å². The van der Waals surface area contributed by atoms with Gasteiger partial charge in [0.05, 0.1) is 11.1 Å². The number of rotatable bonds is 2. The van der Waals surface area contributed by atoms with E-state index in [1.54, 1.807) is 24.3 Å². The maximum atomic E-state index is 11.3. The lowest BCUT2D eigenvalue weighted by molar-refractivity contribution is 0.0540. The van der Waals surface area contributed by atoms with Crippen molar-refractivity contribution in [2.45, 2.75) is 33.0 Å². The van der Waals surface area contributed by atoms with Crippen LogP contribution in [0.4, 0.5) is 9.59 Å². The molecular formula is C24H31N3O6. The molecule has 1 aliphatic heterocycles. The molecular weight excluding hydrogens is 426 g/mol. The molecule has 0 aromatic heterocycles. The highest BCUT2D eigenvalue weighted by molar-refractivity contribution is 6.21. The molecule has 0 bridgehead atoms. The summed E-state index contributed by atoms with van der Waals surface area (Å²) >= 11 is 0. The van der Waals surface area contributed by atoms with Gasteiger partial charge in [0.2, 0.25) is 0 Å². The quantitative estimate of drug-likeness (QED) is 0.666. The number of ether oxygens (including phenoxy) is 2. The second kappa shape index (κ2) is 12.8. The molecule has 1 aliphatic rings. The second-order valence-electron chi connectivity index (χ2n) is 7.78. The maximum absolute atomic E-state index is 11.3. The summed E-state index contributed by atoms with van der Waals surface area (Å²) in [7, 11) is 4.56. The number of amides is 4. The molecule has 0 radical (unpaired) electrons. The minimum Gasteiger partial charge on any atom is -0.445 e. The van der Waals surface area contributed by atoms with Gasteiger partial charge in [-0.1, -0.05) is 42.5 Å². The van der Waals surface area contributed by atoms with E-state index < -0.39 is 6.09 Å². The summed E-state index contributed by atoms with van der Waals surface area (Å²) in [6.45, 7) is 5.78. The van der Waals surface area contributed by atoms with Crippen LogP contribution in [0.1, 0.15) is 47.1 Å². The number of carbonyl (C=O) groups excluding carboxylic acids is 4. The van der Waals surface area contributed by atoms with Crippen LogP contribution in [0.2, 0.25) is 0 Å². The van der Waals surface area contributed by atoms with E-state index in [1.165, 1.54) is 21.1 Å². The van der Waals surface area contributed by atoms with Crippen LogP contribution in [-0.2, 0) is 16.1 Å². The van der Waals surface area contributed by atoms with Crippen molar-refractivity contribution >= 4 is 24.0 Å². The highest BCUT2D eigenvalue weighted by atomic mass is 16.6. The van der Waals surface area contributed by atoms with E-state index in [2.05, 4.69) is 10.6 Å². The number of hydrogen-bond acceptors (Lipinski definition) is 6. The molecule has 0 atom stereocenters. The lowest BCUT2D eigenvalue weighted by atomic mass is 10.1. The number of nitrogens with one attached hydrogen (secondary N) is 2. The molecule has 0 fully saturated rings. The molecule has 3 rings (SSSR count). The average molecular weight is 458 g/mol. The SMILES string of the molecule is CN1C(=O)c2ccccc2C1=O.CNC(=O)OC(C)(C)C.CNC(=O)OCc1ccccc1. The Hall–Kier alpha value is -3.88. The Morgan fingerprint density at radius 1 is 0.818 bits per heavy atom. The molecule has 1 heterocycles. The minimum absolute atomic E-state index is 0.212. The van der Waals surface area contributed by atoms with E-state index in [1.807, 2.05) is 51.1 Å². The molecule has 0 spiro atoms. The third-order valence-electron chi connectivity index (χ3n) is 4.02. The van der Waals surface area contributed by atoms with Gasteiger partial charge in [0.15, 0.2) is 0 Å². The summed E-state index contributed by atoms with van der Waals surface area (Å²) in [4.78, 5) is 44.9. The monoisotopic (exact) mass is 457 g/mol. The van der Waals surface area contributed by atoms with Crippen molar-refractivity contribution in [1.29, 1.82) is 0 Å². The summed E-state index contributed by atoms with van der Waals surface area (Å²) < 4.78 is 9.66. The predicted octanol–water partition coefficient (Wildman–Crippen LogP) is 3.60. The van der Waals surface area contributed by atoms with Gasteiger partial charge in [0.1, 0.15) is 12.2 Å². The summed E-state index contributed by atoms with van der Waals surface area (Å²) in [6, 6.07) is 16.4. The van der Waals surface area contributed by atoms with E-state index in [-0.39, 0.29) is 23.5 Å². The molecule has 4 amide bonds. The largest absolute Gasteiger partial charge is 0.445 e. The van der Waals surface area contributed by atoms with E-state index >= 15 is 0 Å². The van der Waals surface area contributed by atoms with Gasteiger partial charge in [0.25, 0.3) is 11.8 Å². The lowest BCUT2D eigenvalue weighted by Gasteiger charge is -2.18. The Morgan fingerprint density at radius 3 is 1.67 bits per heavy atom. The first kappa shape index (κ1) is 27.2. The molecule has 9 nitrogen and oxygen atoms in total. The van der Waals surface area contributed by atoms with Crippen LogP contribution < -0.4 is 10.6 Å². The Balaban J connectivity index is 0.000000251. The van der Waals surface area contributed by atoms with Gasteiger partial charge < -0.3 is 20.1 Å². The Morgan fingerprint density at radius 2 is 1.27 bits per heavy atom. The molecule has 0 unspecified atom stereocenters. The van der Waals surface area contributed by atoms with Crippen LogP contribution in [0, 0.1) is 0 Å². The van der Waals surface area contributed by atoms with Crippen LogP contribution in [-0.4, -0.2) is 55.6 Å². The molecule has 0 aliphatic carbocycles. The van der Waals surface area contributed by atoms with Crippen molar-refractivity contribution in [1.82, 2.24) is 15.5 Å². The van der Waals surface area contributed by atoms with Crippen molar-refractivity contribution in [2.24, 2.45) is 0 Å². The average Bonchev–Trinajstić information content (AvgIpc) is 3.02. The van der Waals surface area contributed by atoms with Gasteiger partial charge in [-0.2, -0.15) is 0 Å². The topological polar surface area (TPSA) is 114 Å². The number of fused-ring (bicyclic) bond motifs is 1. The lowest BCUT2D eigenvalue weighted by Crippen LogP contribution is -2.30. The summed E-state index contributed by atoms with van der Waals surface area (Å²) in [5, 5.41) is 4.73. The number of hydrogen-bond donors (Lipinski definition) is 2. The number of carbonyl (C=O) groups is 4. The summed E-state index contributed by atoms with van der Waals surface area (Å²) in [5.74, 6) is -0.425. The van der Waals surface area contributed by atoms with Crippen molar-refractivity contribution in [3.8, 4) is 0 Å². The normalized spacial score (nSPS) is 11.8. The Labute approximate surface area is 194 Å². The predicted molar refractivity (Wildman–Crippen MR) is 124 cm³/mol. The van der Waals surface area contributed by atoms with Crippen LogP contribution >= 0.6 is 0 Å². The Kier molecular flexibility index (Phi) is 10.6. The zero-order valence-corrected chi connectivity index (χ0v) is 19.8. The van der Waals surface area contributed by atoms with E-state index in [9.17, 15) is 19.2 Å². The number of alkyl carbamates (subject to hydrolysis) is 2. The fourth-order valence-electron chi connectivity index (χ4n) is 2.43. The maximum Gasteiger partial charge on any atom is 0.407 e. The first-order chi connectivity index (χ1) is 15.5. The zero-order valence-electron chi connectivity index (χ0n) is 19.8. The van der Waals surface area contributed by atoms with Crippen LogP contribution in [0.25, 0.3) is 0 Å².